The number of hydrogen-bond donors (Lipinski definition) is 3. The van der Waals surface area contributed by atoms with E-state index in [1.807, 2.05) is 30.3 Å². The predicted molar refractivity (Wildman–Crippen MR) is 79.7 cm³/mol. The number of carbonyl (C=O) groups is 1. The van der Waals surface area contributed by atoms with E-state index < -0.39 is 11.5 Å². The Morgan fingerprint density at radius 2 is 1.95 bits per heavy atom. The molecule has 1 heterocycles. The molecule has 1 amide bonds. The summed E-state index contributed by atoms with van der Waals surface area (Å²) in [5.41, 5.74) is 5.15. The molecule has 0 saturated carbocycles. The summed E-state index contributed by atoms with van der Waals surface area (Å²) < 4.78 is 0. The molecular formula is C15H18N4O2. The summed E-state index contributed by atoms with van der Waals surface area (Å²) in [4.78, 5) is 10.9. The molecule has 6 nitrogen and oxygen atoms in total. The summed E-state index contributed by atoms with van der Waals surface area (Å²) in [5.74, 6) is -0.0788. The number of amides is 1. The van der Waals surface area contributed by atoms with Crippen LogP contribution in [0.4, 0.5) is 5.82 Å². The Bertz CT molecular complexity index is 597. The normalized spacial score (nSPS) is 13.4. The van der Waals surface area contributed by atoms with Gasteiger partial charge in [0.2, 0.25) is 0 Å². The number of rotatable bonds is 6. The minimum atomic E-state index is -0.922. The van der Waals surface area contributed by atoms with E-state index in [2.05, 4.69) is 15.5 Å². The molecule has 1 aromatic heterocycles. The van der Waals surface area contributed by atoms with Gasteiger partial charge in [-0.15, -0.1) is 10.2 Å². The molecule has 0 bridgehead atoms. The highest BCUT2D eigenvalue weighted by Crippen LogP contribution is 2.23. The molecule has 0 aliphatic rings. The number of benzene rings is 1. The molecule has 110 valence electrons. The second-order valence-corrected chi connectivity index (χ2v) is 4.98. The molecule has 1 aromatic carbocycles. The van der Waals surface area contributed by atoms with Gasteiger partial charge in [0.05, 0.1) is 5.60 Å². The van der Waals surface area contributed by atoms with Crippen molar-refractivity contribution in [3.8, 4) is 0 Å². The minimum Gasteiger partial charge on any atom is -0.385 e. The van der Waals surface area contributed by atoms with Crippen molar-refractivity contribution in [3.05, 3.63) is 53.7 Å². The van der Waals surface area contributed by atoms with Crippen LogP contribution in [0.3, 0.4) is 0 Å². The summed E-state index contributed by atoms with van der Waals surface area (Å²) in [5, 5.41) is 21.0. The quantitative estimate of drug-likeness (QED) is 0.742. The van der Waals surface area contributed by atoms with Crippen LogP contribution in [0, 0.1) is 0 Å². The molecule has 1 atom stereocenters. The fourth-order valence-electron chi connectivity index (χ4n) is 1.93. The standard InChI is InChI=1S/C15H18N4O2/c1-15(21,11-5-3-2-4-6-11)9-10-17-13-8-7-12(14(16)20)18-19-13/h2-8,21H,9-10H2,1H3,(H2,16,20)(H,17,19). The number of primary amides is 1. The number of nitrogens with two attached hydrogens (primary N) is 1. The number of carbonyl (C=O) groups excluding carboxylic acids is 1. The second kappa shape index (κ2) is 6.32. The Kier molecular flexibility index (Phi) is 4.49. The molecule has 0 fully saturated rings. The van der Waals surface area contributed by atoms with Crippen LogP contribution in [-0.2, 0) is 5.60 Å². The van der Waals surface area contributed by atoms with Crippen LogP contribution in [0.1, 0.15) is 29.4 Å². The third-order valence-electron chi connectivity index (χ3n) is 3.23. The lowest BCUT2D eigenvalue weighted by Gasteiger charge is -2.24. The van der Waals surface area contributed by atoms with Crippen molar-refractivity contribution in [1.82, 2.24) is 10.2 Å². The summed E-state index contributed by atoms with van der Waals surface area (Å²) >= 11 is 0. The molecule has 0 saturated heterocycles. The number of nitrogens with zero attached hydrogens (tertiary/aromatic N) is 2. The van der Waals surface area contributed by atoms with Crippen molar-refractivity contribution < 1.29 is 9.90 Å². The first-order valence-corrected chi connectivity index (χ1v) is 6.64. The molecule has 0 radical (unpaired) electrons. The lowest BCUT2D eigenvalue weighted by Crippen LogP contribution is -2.25. The summed E-state index contributed by atoms with van der Waals surface area (Å²) in [6, 6.07) is 12.6. The largest absolute Gasteiger partial charge is 0.385 e. The molecule has 2 rings (SSSR count). The molecule has 4 N–H and O–H groups in total. The highest BCUT2D eigenvalue weighted by atomic mass is 16.3. The van der Waals surface area contributed by atoms with Gasteiger partial charge in [-0.25, -0.2) is 0 Å². The smallest absolute Gasteiger partial charge is 0.269 e. The van der Waals surface area contributed by atoms with Crippen LogP contribution in [0.25, 0.3) is 0 Å². The number of nitrogens with one attached hydrogen (secondary N) is 1. The Balaban J connectivity index is 1.90. The number of aliphatic hydroxyl groups is 1. The van der Waals surface area contributed by atoms with E-state index in [0.29, 0.717) is 18.8 Å². The molecule has 21 heavy (non-hydrogen) atoms. The maximum Gasteiger partial charge on any atom is 0.269 e. The van der Waals surface area contributed by atoms with Gasteiger partial charge in [-0.05, 0) is 31.0 Å². The molecule has 0 aliphatic carbocycles. The zero-order chi connectivity index (χ0) is 15.3. The van der Waals surface area contributed by atoms with Crippen LogP contribution in [0.5, 0.6) is 0 Å². The van der Waals surface area contributed by atoms with Gasteiger partial charge in [-0.2, -0.15) is 0 Å². The lowest BCUT2D eigenvalue weighted by molar-refractivity contribution is 0.0515. The van der Waals surface area contributed by atoms with Crippen molar-refractivity contribution in [2.45, 2.75) is 18.9 Å². The third-order valence-corrected chi connectivity index (χ3v) is 3.23. The second-order valence-electron chi connectivity index (χ2n) is 4.98. The van der Waals surface area contributed by atoms with E-state index in [1.165, 1.54) is 6.07 Å². The van der Waals surface area contributed by atoms with Gasteiger partial charge in [0.25, 0.3) is 5.91 Å². The SMILES string of the molecule is CC(O)(CCNc1ccc(C(N)=O)nn1)c1ccccc1. The maximum atomic E-state index is 10.9. The van der Waals surface area contributed by atoms with Gasteiger partial charge in [0.1, 0.15) is 5.82 Å². The van der Waals surface area contributed by atoms with Crippen LogP contribution < -0.4 is 11.1 Å². The summed E-state index contributed by atoms with van der Waals surface area (Å²) in [6.45, 7) is 2.29. The molecular weight excluding hydrogens is 268 g/mol. The van der Waals surface area contributed by atoms with E-state index >= 15 is 0 Å². The topological polar surface area (TPSA) is 101 Å². The monoisotopic (exact) mass is 286 g/mol. The van der Waals surface area contributed by atoms with Crippen LogP contribution in [-0.4, -0.2) is 27.8 Å². The minimum absolute atomic E-state index is 0.122. The van der Waals surface area contributed by atoms with Gasteiger partial charge >= 0.3 is 0 Å². The van der Waals surface area contributed by atoms with Gasteiger partial charge in [-0.3, -0.25) is 4.79 Å². The lowest BCUT2D eigenvalue weighted by atomic mass is 9.93. The first-order chi connectivity index (χ1) is 9.99. The van der Waals surface area contributed by atoms with Crippen LogP contribution in [0.15, 0.2) is 42.5 Å². The van der Waals surface area contributed by atoms with Crippen molar-refractivity contribution in [2.24, 2.45) is 5.73 Å². The molecule has 0 spiro atoms. The molecule has 2 aromatic rings. The Morgan fingerprint density at radius 3 is 2.52 bits per heavy atom. The first-order valence-electron chi connectivity index (χ1n) is 6.64. The average molecular weight is 286 g/mol. The number of anilines is 1. The highest BCUT2D eigenvalue weighted by molar-refractivity contribution is 5.90. The first kappa shape index (κ1) is 14.9. The van der Waals surface area contributed by atoms with E-state index in [4.69, 9.17) is 5.73 Å². The molecule has 6 heteroatoms. The van der Waals surface area contributed by atoms with Crippen molar-refractivity contribution in [2.75, 3.05) is 11.9 Å². The molecule has 0 aliphatic heterocycles. The van der Waals surface area contributed by atoms with Gasteiger partial charge in [0.15, 0.2) is 5.69 Å². The fraction of sp³-hybridized carbons (Fsp3) is 0.267. The number of hydrogen-bond acceptors (Lipinski definition) is 5. The third kappa shape index (κ3) is 4.00. The maximum absolute atomic E-state index is 10.9. The average Bonchev–Trinajstić information content (AvgIpc) is 2.48. The van der Waals surface area contributed by atoms with E-state index in [9.17, 15) is 9.90 Å². The van der Waals surface area contributed by atoms with E-state index in [1.54, 1.807) is 13.0 Å². The Morgan fingerprint density at radius 1 is 1.24 bits per heavy atom. The van der Waals surface area contributed by atoms with Gasteiger partial charge in [-0.1, -0.05) is 30.3 Å². The van der Waals surface area contributed by atoms with Crippen LogP contribution >= 0.6 is 0 Å². The van der Waals surface area contributed by atoms with Crippen molar-refractivity contribution in [1.29, 1.82) is 0 Å². The Labute approximate surface area is 123 Å². The number of aromatic nitrogens is 2. The summed E-state index contributed by atoms with van der Waals surface area (Å²) in [7, 11) is 0. The van der Waals surface area contributed by atoms with Crippen molar-refractivity contribution in [3.63, 3.8) is 0 Å². The van der Waals surface area contributed by atoms with Gasteiger partial charge in [0, 0.05) is 6.54 Å². The fourth-order valence-corrected chi connectivity index (χ4v) is 1.93. The molecule has 1 unspecified atom stereocenters. The highest BCUT2D eigenvalue weighted by Gasteiger charge is 2.22. The summed E-state index contributed by atoms with van der Waals surface area (Å²) in [6.07, 6.45) is 0.510. The van der Waals surface area contributed by atoms with E-state index in [0.717, 1.165) is 5.56 Å². The predicted octanol–water partition coefficient (Wildman–Crippen LogP) is 1.29. The van der Waals surface area contributed by atoms with Gasteiger partial charge < -0.3 is 16.2 Å². The van der Waals surface area contributed by atoms with Crippen molar-refractivity contribution >= 4 is 11.7 Å². The zero-order valence-electron chi connectivity index (χ0n) is 11.8. The van der Waals surface area contributed by atoms with Crippen LogP contribution in [0.2, 0.25) is 0 Å². The van der Waals surface area contributed by atoms with E-state index in [-0.39, 0.29) is 5.69 Å². The zero-order valence-corrected chi connectivity index (χ0v) is 11.8. The Hall–Kier alpha value is -2.47.